The van der Waals surface area contributed by atoms with Crippen LogP contribution in [-0.2, 0) is 21.4 Å². The molecule has 2 aromatic rings. The predicted octanol–water partition coefficient (Wildman–Crippen LogP) is 3.59. The Morgan fingerprint density at radius 3 is 2.43 bits per heavy atom. The molecule has 7 heteroatoms. The zero-order valence-electron chi connectivity index (χ0n) is 17.2. The number of nitrogens with one attached hydrogen (secondary N) is 1. The molecule has 0 saturated carbocycles. The van der Waals surface area contributed by atoms with Gasteiger partial charge in [-0.15, -0.1) is 0 Å². The zero-order valence-corrected chi connectivity index (χ0v) is 18.0. The minimum atomic E-state index is -3.46. The van der Waals surface area contributed by atoms with E-state index in [-0.39, 0.29) is 5.91 Å². The third-order valence-electron chi connectivity index (χ3n) is 5.11. The third kappa shape index (κ3) is 5.93. The Labute approximate surface area is 178 Å². The summed E-state index contributed by atoms with van der Waals surface area (Å²) in [6, 6.07) is 14.2. The zero-order chi connectivity index (χ0) is 21.4. The highest BCUT2D eigenvalue weighted by Gasteiger charge is 2.24. The lowest BCUT2D eigenvalue weighted by Gasteiger charge is -2.19. The van der Waals surface area contributed by atoms with E-state index >= 15 is 0 Å². The topological polar surface area (TPSA) is 75.7 Å². The normalized spacial score (nSPS) is 15.6. The Kier molecular flexibility index (Phi) is 7.65. The number of nitrogens with zero attached hydrogens (tertiary/aromatic N) is 1. The summed E-state index contributed by atoms with van der Waals surface area (Å²) < 4.78 is 32.4. The second kappa shape index (κ2) is 10.4. The first kappa shape index (κ1) is 22.1. The molecule has 1 aliphatic rings. The largest absolute Gasteiger partial charge is 0.497 e. The minimum Gasteiger partial charge on any atom is -0.497 e. The van der Waals surface area contributed by atoms with Gasteiger partial charge in [0, 0.05) is 25.7 Å². The van der Waals surface area contributed by atoms with E-state index in [2.05, 4.69) is 5.32 Å². The molecule has 6 nitrogen and oxygen atoms in total. The second-order valence-corrected chi connectivity index (χ2v) is 9.23. The van der Waals surface area contributed by atoms with Gasteiger partial charge in [-0.1, -0.05) is 37.1 Å². The number of ether oxygens (including phenoxy) is 1. The van der Waals surface area contributed by atoms with E-state index in [0.29, 0.717) is 24.5 Å². The van der Waals surface area contributed by atoms with Gasteiger partial charge in [0.25, 0.3) is 0 Å². The Morgan fingerprint density at radius 2 is 1.77 bits per heavy atom. The van der Waals surface area contributed by atoms with E-state index in [0.717, 1.165) is 42.6 Å². The van der Waals surface area contributed by atoms with Gasteiger partial charge in [-0.05, 0) is 54.3 Å². The first-order chi connectivity index (χ1) is 14.5. The first-order valence-corrected chi connectivity index (χ1v) is 11.6. The predicted molar refractivity (Wildman–Crippen MR) is 118 cm³/mol. The third-order valence-corrected chi connectivity index (χ3v) is 7.02. The Bertz CT molecular complexity index is 977. The van der Waals surface area contributed by atoms with E-state index in [1.54, 1.807) is 41.8 Å². The Morgan fingerprint density at radius 1 is 1.07 bits per heavy atom. The van der Waals surface area contributed by atoms with Gasteiger partial charge in [-0.2, -0.15) is 4.31 Å². The fraction of sp³-hybridized carbons (Fsp3) is 0.348. The number of carbonyl (C=O) groups excluding carboxylic acids is 1. The van der Waals surface area contributed by atoms with Crippen molar-refractivity contribution in [2.45, 2.75) is 37.1 Å². The summed E-state index contributed by atoms with van der Waals surface area (Å²) in [5, 5.41) is 2.82. The lowest BCUT2D eigenvalue weighted by Crippen LogP contribution is -2.31. The van der Waals surface area contributed by atoms with Crippen LogP contribution >= 0.6 is 0 Å². The molecule has 1 fully saturated rings. The smallest absolute Gasteiger partial charge is 0.244 e. The highest BCUT2D eigenvalue weighted by atomic mass is 32.2. The van der Waals surface area contributed by atoms with Crippen molar-refractivity contribution in [1.82, 2.24) is 9.62 Å². The monoisotopic (exact) mass is 428 g/mol. The van der Waals surface area contributed by atoms with Crippen LogP contribution in [0.4, 0.5) is 0 Å². The number of hydrogen-bond donors (Lipinski definition) is 1. The van der Waals surface area contributed by atoms with Crippen LogP contribution in [0.3, 0.4) is 0 Å². The average Bonchev–Trinajstić information content (AvgIpc) is 3.07. The van der Waals surface area contributed by atoms with Crippen LogP contribution in [0.1, 0.15) is 36.8 Å². The summed E-state index contributed by atoms with van der Waals surface area (Å²) in [7, 11) is -1.86. The lowest BCUT2D eigenvalue weighted by atomic mass is 10.2. The second-order valence-electron chi connectivity index (χ2n) is 7.29. The molecule has 0 unspecified atom stereocenters. The van der Waals surface area contributed by atoms with Crippen LogP contribution in [-0.4, -0.2) is 38.8 Å². The van der Waals surface area contributed by atoms with Crippen LogP contribution < -0.4 is 10.1 Å². The van der Waals surface area contributed by atoms with Gasteiger partial charge < -0.3 is 10.1 Å². The van der Waals surface area contributed by atoms with Crippen molar-refractivity contribution >= 4 is 22.0 Å². The van der Waals surface area contributed by atoms with Crippen LogP contribution in [0.25, 0.3) is 6.08 Å². The van der Waals surface area contributed by atoms with Crippen molar-refractivity contribution in [3.63, 3.8) is 0 Å². The van der Waals surface area contributed by atoms with Crippen molar-refractivity contribution in [3.8, 4) is 5.75 Å². The Hall–Kier alpha value is -2.64. The molecule has 0 spiro atoms. The van der Waals surface area contributed by atoms with Crippen LogP contribution in [0.15, 0.2) is 59.5 Å². The number of methoxy groups -OCH3 is 1. The molecule has 160 valence electrons. The molecule has 1 amide bonds. The maximum absolute atomic E-state index is 12.8. The maximum atomic E-state index is 12.8. The number of sulfonamides is 1. The average molecular weight is 429 g/mol. The van der Waals surface area contributed by atoms with Gasteiger partial charge in [-0.25, -0.2) is 8.42 Å². The van der Waals surface area contributed by atoms with Crippen LogP contribution in [0, 0.1) is 0 Å². The maximum Gasteiger partial charge on any atom is 0.244 e. The number of amides is 1. The number of rotatable bonds is 7. The molecule has 1 heterocycles. The number of benzene rings is 2. The van der Waals surface area contributed by atoms with E-state index in [9.17, 15) is 13.2 Å². The van der Waals surface area contributed by atoms with E-state index in [1.807, 2.05) is 24.3 Å². The summed E-state index contributed by atoms with van der Waals surface area (Å²) in [6.45, 7) is 1.56. The van der Waals surface area contributed by atoms with Gasteiger partial charge in [-0.3, -0.25) is 4.79 Å². The van der Waals surface area contributed by atoms with Crippen LogP contribution in [0.2, 0.25) is 0 Å². The first-order valence-electron chi connectivity index (χ1n) is 10.2. The van der Waals surface area contributed by atoms with Gasteiger partial charge in [0.15, 0.2) is 0 Å². The van der Waals surface area contributed by atoms with Crippen molar-refractivity contribution in [2.75, 3.05) is 20.2 Å². The lowest BCUT2D eigenvalue weighted by molar-refractivity contribution is -0.116. The SMILES string of the molecule is COc1cccc(CNC(=O)/C=C/c2ccc(S(=O)(=O)N3CCCCCC3)cc2)c1. The van der Waals surface area contributed by atoms with Crippen LogP contribution in [0.5, 0.6) is 5.75 Å². The molecule has 1 N–H and O–H groups in total. The summed E-state index contributed by atoms with van der Waals surface area (Å²) in [4.78, 5) is 12.4. The van der Waals surface area contributed by atoms with Gasteiger partial charge >= 0.3 is 0 Å². The highest BCUT2D eigenvalue weighted by molar-refractivity contribution is 7.89. The standard InChI is InChI=1S/C23H28N2O4S/c1-29-21-8-6-7-20(17-21)18-24-23(26)14-11-19-9-12-22(13-10-19)30(27,28)25-15-4-2-3-5-16-25/h6-14,17H,2-5,15-16,18H2,1H3,(H,24,26)/b14-11+. The molecule has 3 rings (SSSR count). The van der Waals surface area contributed by atoms with Gasteiger partial charge in [0.05, 0.1) is 12.0 Å². The summed E-state index contributed by atoms with van der Waals surface area (Å²) in [6.07, 6.45) is 7.09. The fourth-order valence-electron chi connectivity index (χ4n) is 3.38. The van der Waals surface area contributed by atoms with Gasteiger partial charge in [0.1, 0.15) is 5.75 Å². The summed E-state index contributed by atoms with van der Waals surface area (Å²) in [5.74, 6) is 0.520. The molecule has 0 aromatic heterocycles. The van der Waals surface area contributed by atoms with E-state index in [1.165, 1.54) is 6.08 Å². The summed E-state index contributed by atoms with van der Waals surface area (Å²) in [5.41, 5.74) is 1.71. The molecule has 0 radical (unpaired) electrons. The highest BCUT2D eigenvalue weighted by Crippen LogP contribution is 2.21. The van der Waals surface area contributed by atoms with E-state index in [4.69, 9.17) is 4.74 Å². The molecule has 0 atom stereocenters. The fourth-order valence-corrected chi connectivity index (χ4v) is 4.90. The number of carbonyl (C=O) groups is 1. The molecular formula is C23H28N2O4S. The van der Waals surface area contributed by atoms with Crippen molar-refractivity contribution in [3.05, 3.63) is 65.7 Å². The molecule has 0 bridgehead atoms. The molecule has 1 aliphatic heterocycles. The van der Waals surface area contributed by atoms with Gasteiger partial charge in [0.2, 0.25) is 15.9 Å². The minimum absolute atomic E-state index is 0.223. The quantitative estimate of drug-likeness (QED) is 0.684. The molecule has 2 aromatic carbocycles. The Balaban J connectivity index is 1.57. The van der Waals surface area contributed by atoms with Crippen molar-refractivity contribution < 1.29 is 17.9 Å². The molecule has 30 heavy (non-hydrogen) atoms. The molecular weight excluding hydrogens is 400 g/mol. The number of hydrogen-bond acceptors (Lipinski definition) is 4. The molecule has 1 saturated heterocycles. The van der Waals surface area contributed by atoms with E-state index < -0.39 is 10.0 Å². The van der Waals surface area contributed by atoms with Crippen molar-refractivity contribution in [2.24, 2.45) is 0 Å². The molecule has 0 aliphatic carbocycles. The van der Waals surface area contributed by atoms with Crippen molar-refractivity contribution in [1.29, 1.82) is 0 Å². The summed E-state index contributed by atoms with van der Waals surface area (Å²) >= 11 is 0.